The lowest BCUT2D eigenvalue weighted by molar-refractivity contribution is -0.129. The fraction of sp³-hybridized carbons (Fsp3) is 0.412. The fourth-order valence-corrected chi connectivity index (χ4v) is 3.74. The molecule has 0 saturated heterocycles. The molecule has 1 aliphatic rings. The molecule has 1 heterocycles. The Balaban J connectivity index is 1.65. The second-order valence-electron chi connectivity index (χ2n) is 5.80. The Kier molecular flexibility index (Phi) is 4.61. The molecule has 1 saturated carbocycles. The number of hydrogen-bond acceptors (Lipinski definition) is 4. The number of ether oxygens (including phenoxy) is 1. The minimum atomic E-state index is -0.863. The summed E-state index contributed by atoms with van der Waals surface area (Å²) in [6, 6.07) is 6.35. The van der Waals surface area contributed by atoms with Crippen molar-refractivity contribution in [1.29, 1.82) is 0 Å². The number of amides is 1. The van der Waals surface area contributed by atoms with E-state index < -0.39 is 12.1 Å². The molecule has 3 rings (SSSR count). The van der Waals surface area contributed by atoms with Crippen LogP contribution in [0.25, 0.3) is 10.1 Å². The third-order valence-electron chi connectivity index (χ3n) is 4.06. The second kappa shape index (κ2) is 6.66. The predicted molar refractivity (Wildman–Crippen MR) is 87.1 cm³/mol. The molecule has 1 aliphatic carbocycles. The highest BCUT2D eigenvalue weighted by Gasteiger charge is 2.24. The summed E-state index contributed by atoms with van der Waals surface area (Å²) in [6.07, 6.45) is 3.32. The van der Waals surface area contributed by atoms with E-state index in [1.54, 1.807) is 19.1 Å². The van der Waals surface area contributed by atoms with E-state index in [1.165, 1.54) is 12.1 Å². The first kappa shape index (κ1) is 15.9. The molecule has 0 bridgehead atoms. The first-order chi connectivity index (χ1) is 11.0. The van der Waals surface area contributed by atoms with Crippen molar-refractivity contribution in [3.8, 4) is 0 Å². The summed E-state index contributed by atoms with van der Waals surface area (Å²) in [5.41, 5.74) is 0. The SMILES string of the molecule is CC(OC(=O)c1cc2c(F)cccc2s1)C(=O)NC1CCCC1. The number of carbonyl (C=O) groups excluding carboxylic acids is 2. The molecule has 23 heavy (non-hydrogen) atoms. The Morgan fingerprint density at radius 3 is 2.78 bits per heavy atom. The van der Waals surface area contributed by atoms with Gasteiger partial charge < -0.3 is 10.1 Å². The van der Waals surface area contributed by atoms with E-state index in [9.17, 15) is 14.0 Å². The highest BCUT2D eigenvalue weighted by atomic mass is 32.1. The molecular weight excluding hydrogens is 317 g/mol. The van der Waals surface area contributed by atoms with Crippen molar-refractivity contribution in [3.05, 3.63) is 35.0 Å². The highest BCUT2D eigenvalue weighted by Crippen LogP contribution is 2.28. The van der Waals surface area contributed by atoms with Crippen molar-refractivity contribution in [3.63, 3.8) is 0 Å². The van der Waals surface area contributed by atoms with E-state index >= 15 is 0 Å². The zero-order chi connectivity index (χ0) is 16.4. The Morgan fingerprint density at radius 2 is 2.09 bits per heavy atom. The molecule has 1 unspecified atom stereocenters. The average Bonchev–Trinajstić information content (AvgIpc) is 3.16. The molecule has 1 amide bonds. The Hall–Kier alpha value is -1.95. The van der Waals surface area contributed by atoms with Crippen LogP contribution in [0, 0.1) is 5.82 Å². The van der Waals surface area contributed by atoms with Gasteiger partial charge in [0.25, 0.3) is 5.91 Å². The molecule has 1 fully saturated rings. The number of benzene rings is 1. The van der Waals surface area contributed by atoms with Gasteiger partial charge in [0.2, 0.25) is 0 Å². The van der Waals surface area contributed by atoms with Crippen LogP contribution in [0.2, 0.25) is 0 Å². The summed E-state index contributed by atoms with van der Waals surface area (Å²) in [7, 11) is 0. The molecule has 1 atom stereocenters. The average molecular weight is 335 g/mol. The van der Waals surface area contributed by atoms with E-state index in [2.05, 4.69) is 5.32 Å². The molecule has 1 N–H and O–H groups in total. The number of thiophene rings is 1. The molecule has 1 aromatic carbocycles. The summed E-state index contributed by atoms with van der Waals surface area (Å²) in [5.74, 6) is -1.25. The lowest BCUT2D eigenvalue weighted by Gasteiger charge is -2.16. The van der Waals surface area contributed by atoms with Gasteiger partial charge in [-0.2, -0.15) is 0 Å². The molecule has 4 nitrogen and oxygen atoms in total. The van der Waals surface area contributed by atoms with Gasteiger partial charge in [0, 0.05) is 16.1 Å². The van der Waals surface area contributed by atoms with Crippen molar-refractivity contribution in [2.24, 2.45) is 0 Å². The summed E-state index contributed by atoms with van der Waals surface area (Å²) >= 11 is 1.16. The van der Waals surface area contributed by atoms with Crippen LogP contribution in [0.15, 0.2) is 24.3 Å². The van der Waals surface area contributed by atoms with E-state index in [-0.39, 0.29) is 17.8 Å². The largest absolute Gasteiger partial charge is 0.448 e. The number of carbonyl (C=O) groups is 2. The van der Waals surface area contributed by atoms with Crippen LogP contribution >= 0.6 is 11.3 Å². The zero-order valence-electron chi connectivity index (χ0n) is 12.8. The molecule has 2 aromatic rings. The molecule has 1 aromatic heterocycles. The Bertz CT molecular complexity index is 737. The van der Waals surface area contributed by atoms with E-state index in [4.69, 9.17) is 4.74 Å². The van der Waals surface area contributed by atoms with Crippen LogP contribution in [0.5, 0.6) is 0 Å². The maximum atomic E-state index is 13.7. The quantitative estimate of drug-likeness (QED) is 0.868. The van der Waals surface area contributed by atoms with Crippen molar-refractivity contribution in [2.45, 2.75) is 44.8 Å². The lowest BCUT2D eigenvalue weighted by atomic mass is 10.2. The van der Waals surface area contributed by atoms with Gasteiger partial charge in [-0.15, -0.1) is 11.3 Å². The smallest absolute Gasteiger partial charge is 0.349 e. The standard InChI is InChI=1S/C17H18FNO3S/c1-10(16(20)19-11-5-2-3-6-11)22-17(21)15-9-12-13(18)7-4-8-14(12)23-15/h4,7-11H,2-3,5-6H2,1H3,(H,19,20). The van der Waals surface area contributed by atoms with Crippen molar-refractivity contribution >= 4 is 33.3 Å². The molecule has 6 heteroatoms. The first-order valence-corrected chi connectivity index (χ1v) is 8.55. The Morgan fingerprint density at radius 1 is 1.35 bits per heavy atom. The van der Waals surface area contributed by atoms with Gasteiger partial charge in [0.15, 0.2) is 6.10 Å². The van der Waals surface area contributed by atoms with Crippen LogP contribution in [-0.2, 0) is 9.53 Å². The zero-order valence-corrected chi connectivity index (χ0v) is 13.6. The van der Waals surface area contributed by atoms with Crippen LogP contribution in [0.4, 0.5) is 4.39 Å². The van der Waals surface area contributed by atoms with Crippen molar-refractivity contribution < 1.29 is 18.7 Å². The van der Waals surface area contributed by atoms with E-state index in [0.717, 1.165) is 37.0 Å². The summed E-state index contributed by atoms with van der Waals surface area (Å²) in [5, 5.41) is 3.29. The van der Waals surface area contributed by atoms with E-state index in [1.807, 2.05) is 0 Å². The normalized spacial score (nSPS) is 16.4. The van der Waals surface area contributed by atoms with Gasteiger partial charge in [-0.1, -0.05) is 18.9 Å². The molecule has 0 radical (unpaired) electrons. The van der Waals surface area contributed by atoms with Gasteiger partial charge in [-0.25, -0.2) is 9.18 Å². The number of halogens is 1. The number of nitrogens with one attached hydrogen (secondary N) is 1. The van der Waals surface area contributed by atoms with Crippen molar-refractivity contribution in [1.82, 2.24) is 5.32 Å². The number of esters is 1. The maximum Gasteiger partial charge on any atom is 0.349 e. The predicted octanol–water partition coefficient (Wildman–Crippen LogP) is 3.64. The minimum Gasteiger partial charge on any atom is -0.448 e. The van der Waals surface area contributed by atoms with E-state index in [0.29, 0.717) is 15.0 Å². The van der Waals surface area contributed by atoms with Gasteiger partial charge in [-0.05, 0) is 38.0 Å². The van der Waals surface area contributed by atoms with Crippen molar-refractivity contribution in [2.75, 3.05) is 0 Å². The number of rotatable bonds is 4. The molecule has 0 aliphatic heterocycles. The van der Waals surface area contributed by atoms with Gasteiger partial charge in [-0.3, -0.25) is 4.79 Å². The molecule has 122 valence electrons. The lowest BCUT2D eigenvalue weighted by Crippen LogP contribution is -2.40. The van der Waals surface area contributed by atoms with Gasteiger partial charge in [0.05, 0.1) is 0 Å². The maximum absolute atomic E-state index is 13.7. The summed E-state index contributed by atoms with van der Waals surface area (Å²) in [6.45, 7) is 1.55. The minimum absolute atomic E-state index is 0.182. The number of fused-ring (bicyclic) bond motifs is 1. The number of hydrogen-bond donors (Lipinski definition) is 1. The van der Waals surface area contributed by atoms with Gasteiger partial charge in [0.1, 0.15) is 10.7 Å². The first-order valence-electron chi connectivity index (χ1n) is 7.74. The van der Waals surface area contributed by atoms with Gasteiger partial charge >= 0.3 is 5.97 Å². The van der Waals surface area contributed by atoms with Crippen LogP contribution in [0.3, 0.4) is 0 Å². The summed E-state index contributed by atoms with van der Waals surface area (Å²) < 4.78 is 19.6. The monoisotopic (exact) mass is 335 g/mol. The highest BCUT2D eigenvalue weighted by molar-refractivity contribution is 7.20. The fourth-order valence-electron chi connectivity index (χ4n) is 2.79. The Labute approximate surface area is 137 Å². The third-order valence-corrected chi connectivity index (χ3v) is 5.14. The van der Waals surface area contributed by atoms with Crippen LogP contribution in [-0.4, -0.2) is 24.0 Å². The van der Waals surface area contributed by atoms with Crippen LogP contribution < -0.4 is 5.32 Å². The second-order valence-corrected chi connectivity index (χ2v) is 6.88. The molecule has 0 spiro atoms. The third kappa shape index (κ3) is 3.52. The topological polar surface area (TPSA) is 55.4 Å². The van der Waals surface area contributed by atoms with Crippen LogP contribution in [0.1, 0.15) is 42.3 Å². The molecular formula is C17H18FNO3S. The summed E-state index contributed by atoms with van der Waals surface area (Å²) in [4.78, 5) is 24.5.